The third kappa shape index (κ3) is 1.94. The molecule has 0 atom stereocenters. The van der Waals surface area contributed by atoms with E-state index in [1.54, 1.807) is 25.6 Å². The highest BCUT2D eigenvalue weighted by Crippen LogP contribution is 2.19. The van der Waals surface area contributed by atoms with Gasteiger partial charge < -0.3 is 4.74 Å². The molecular weight excluding hydrogens is 198 g/mol. The van der Waals surface area contributed by atoms with Gasteiger partial charge >= 0.3 is 0 Å². The average molecular weight is 207 g/mol. The minimum Gasteiger partial charge on any atom is -0.378 e. The second-order valence-electron chi connectivity index (χ2n) is 2.65. The molecule has 2 rings (SSSR count). The Bertz CT molecular complexity index is 401. The molecule has 2 heterocycles. The molecule has 0 radical (unpaired) electrons. The molecule has 4 nitrogen and oxygen atoms in total. The van der Waals surface area contributed by atoms with Gasteiger partial charge in [0.25, 0.3) is 0 Å². The summed E-state index contributed by atoms with van der Waals surface area (Å²) in [5, 5.41) is 2.78. The second-order valence-corrected chi connectivity index (χ2v) is 3.51. The maximum absolute atomic E-state index is 4.98. The van der Waals surface area contributed by atoms with Gasteiger partial charge in [0.15, 0.2) is 10.8 Å². The van der Waals surface area contributed by atoms with Crippen molar-refractivity contribution >= 4 is 11.3 Å². The van der Waals surface area contributed by atoms with Crippen molar-refractivity contribution in [2.45, 2.75) is 6.61 Å². The van der Waals surface area contributed by atoms with Gasteiger partial charge in [0.1, 0.15) is 0 Å². The van der Waals surface area contributed by atoms with Crippen LogP contribution >= 0.6 is 11.3 Å². The van der Waals surface area contributed by atoms with Gasteiger partial charge in [0, 0.05) is 24.9 Å². The molecule has 0 N–H and O–H groups in total. The fourth-order valence-electron chi connectivity index (χ4n) is 1.03. The van der Waals surface area contributed by atoms with Crippen LogP contribution in [-0.4, -0.2) is 22.1 Å². The molecule has 0 aliphatic carbocycles. The maximum atomic E-state index is 4.98. The maximum Gasteiger partial charge on any atom is 0.188 e. The SMILES string of the molecule is COCc1csc(-c2ncccn2)n1. The first-order chi connectivity index (χ1) is 6.90. The Morgan fingerprint density at radius 2 is 2.14 bits per heavy atom. The summed E-state index contributed by atoms with van der Waals surface area (Å²) in [6, 6.07) is 1.78. The summed E-state index contributed by atoms with van der Waals surface area (Å²) in [4.78, 5) is 12.6. The summed E-state index contributed by atoms with van der Waals surface area (Å²) < 4.78 is 4.98. The molecule has 2 aromatic heterocycles. The lowest BCUT2D eigenvalue weighted by Crippen LogP contribution is -1.89. The van der Waals surface area contributed by atoms with Crippen LogP contribution in [0.2, 0.25) is 0 Å². The predicted molar refractivity (Wildman–Crippen MR) is 53.9 cm³/mol. The number of thiazole rings is 1. The van der Waals surface area contributed by atoms with E-state index < -0.39 is 0 Å². The van der Waals surface area contributed by atoms with Crippen molar-refractivity contribution in [2.24, 2.45) is 0 Å². The Morgan fingerprint density at radius 3 is 2.86 bits per heavy atom. The van der Waals surface area contributed by atoms with Crippen LogP contribution in [0.3, 0.4) is 0 Å². The third-order valence-electron chi connectivity index (χ3n) is 1.60. The summed E-state index contributed by atoms with van der Waals surface area (Å²) in [6.07, 6.45) is 3.42. The van der Waals surface area contributed by atoms with E-state index in [1.807, 2.05) is 5.38 Å². The molecule has 0 aliphatic heterocycles. The minimum absolute atomic E-state index is 0.531. The number of nitrogens with zero attached hydrogens (tertiary/aromatic N) is 3. The van der Waals surface area contributed by atoms with Gasteiger partial charge in [0.2, 0.25) is 0 Å². The van der Waals surface area contributed by atoms with Crippen LogP contribution in [0.25, 0.3) is 10.8 Å². The molecule has 0 fully saturated rings. The molecule has 0 aromatic carbocycles. The van der Waals surface area contributed by atoms with E-state index in [1.165, 1.54) is 11.3 Å². The topological polar surface area (TPSA) is 47.9 Å². The Labute approximate surface area is 85.6 Å². The first-order valence-electron chi connectivity index (χ1n) is 4.11. The lowest BCUT2D eigenvalue weighted by molar-refractivity contribution is 0.182. The fourth-order valence-corrected chi connectivity index (χ4v) is 1.78. The molecule has 0 amide bonds. The molecule has 0 aliphatic rings. The van der Waals surface area contributed by atoms with Crippen LogP contribution in [-0.2, 0) is 11.3 Å². The van der Waals surface area contributed by atoms with Gasteiger partial charge in [0.05, 0.1) is 12.3 Å². The highest BCUT2D eigenvalue weighted by molar-refractivity contribution is 7.13. The molecule has 0 saturated carbocycles. The van der Waals surface area contributed by atoms with Gasteiger partial charge in [-0.25, -0.2) is 15.0 Å². The molecule has 0 unspecified atom stereocenters. The molecular formula is C9H9N3OS. The van der Waals surface area contributed by atoms with Crippen molar-refractivity contribution in [1.82, 2.24) is 15.0 Å². The third-order valence-corrected chi connectivity index (χ3v) is 2.49. The van der Waals surface area contributed by atoms with Gasteiger partial charge in [-0.15, -0.1) is 11.3 Å². The van der Waals surface area contributed by atoms with Crippen molar-refractivity contribution < 1.29 is 4.74 Å². The quantitative estimate of drug-likeness (QED) is 0.769. The Hall–Kier alpha value is -1.33. The van der Waals surface area contributed by atoms with Gasteiger partial charge in [-0.2, -0.15) is 0 Å². The zero-order valence-electron chi connectivity index (χ0n) is 7.67. The normalized spacial score (nSPS) is 10.4. The Kier molecular flexibility index (Phi) is 2.81. The van der Waals surface area contributed by atoms with E-state index in [2.05, 4.69) is 15.0 Å². The second kappa shape index (κ2) is 4.26. The largest absolute Gasteiger partial charge is 0.378 e. The first-order valence-corrected chi connectivity index (χ1v) is 4.99. The highest BCUT2D eigenvalue weighted by atomic mass is 32.1. The smallest absolute Gasteiger partial charge is 0.188 e. The van der Waals surface area contributed by atoms with E-state index in [0.29, 0.717) is 12.4 Å². The molecule has 2 aromatic rings. The van der Waals surface area contributed by atoms with Crippen LogP contribution in [0.5, 0.6) is 0 Å². The van der Waals surface area contributed by atoms with Crippen molar-refractivity contribution in [3.63, 3.8) is 0 Å². The van der Waals surface area contributed by atoms with E-state index >= 15 is 0 Å². The van der Waals surface area contributed by atoms with Crippen molar-refractivity contribution in [2.75, 3.05) is 7.11 Å². The average Bonchev–Trinajstić information content (AvgIpc) is 2.68. The van der Waals surface area contributed by atoms with E-state index in [4.69, 9.17) is 4.74 Å². The van der Waals surface area contributed by atoms with Crippen LogP contribution in [0.1, 0.15) is 5.69 Å². The van der Waals surface area contributed by atoms with Crippen LogP contribution in [0, 0.1) is 0 Å². The van der Waals surface area contributed by atoms with E-state index in [-0.39, 0.29) is 0 Å². The number of hydrogen-bond donors (Lipinski definition) is 0. The minimum atomic E-state index is 0.531. The highest BCUT2D eigenvalue weighted by Gasteiger charge is 2.05. The summed E-state index contributed by atoms with van der Waals surface area (Å²) in [6.45, 7) is 0.531. The zero-order chi connectivity index (χ0) is 9.80. The predicted octanol–water partition coefficient (Wildman–Crippen LogP) is 1.75. The van der Waals surface area contributed by atoms with Crippen molar-refractivity contribution in [3.8, 4) is 10.8 Å². The number of aromatic nitrogens is 3. The summed E-state index contributed by atoms with van der Waals surface area (Å²) in [5.41, 5.74) is 0.917. The lowest BCUT2D eigenvalue weighted by atomic mass is 10.5. The first kappa shape index (κ1) is 9.23. The number of ether oxygens (including phenoxy) is 1. The molecule has 0 bridgehead atoms. The van der Waals surface area contributed by atoms with E-state index in [0.717, 1.165) is 10.7 Å². The number of hydrogen-bond acceptors (Lipinski definition) is 5. The lowest BCUT2D eigenvalue weighted by Gasteiger charge is -1.92. The van der Waals surface area contributed by atoms with Gasteiger partial charge in [-0.05, 0) is 6.07 Å². The molecule has 5 heteroatoms. The number of methoxy groups -OCH3 is 1. The Morgan fingerprint density at radius 1 is 1.36 bits per heavy atom. The summed E-state index contributed by atoms with van der Waals surface area (Å²) in [5.74, 6) is 0.667. The van der Waals surface area contributed by atoms with Crippen molar-refractivity contribution in [1.29, 1.82) is 0 Å². The summed E-state index contributed by atoms with van der Waals surface area (Å²) in [7, 11) is 1.65. The van der Waals surface area contributed by atoms with Crippen LogP contribution in [0.4, 0.5) is 0 Å². The molecule has 0 saturated heterocycles. The van der Waals surface area contributed by atoms with E-state index in [9.17, 15) is 0 Å². The zero-order valence-corrected chi connectivity index (χ0v) is 8.49. The standard InChI is InChI=1S/C9H9N3OS/c1-13-5-7-6-14-9(12-7)8-10-3-2-4-11-8/h2-4,6H,5H2,1H3. The monoisotopic (exact) mass is 207 g/mol. The molecule has 0 spiro atoms. The molecule has 72 valence electrons. The Balaban J connectivity index is 2.25. The van der Waals surface area contributed by atoms with Gasteiger partial charge in [-0.3, -0.25) is 0 Å². The molecule has 14 heavy (non-hydrogen) atoms. The fraction of sp³-hybridized carbons (Fsp3) is 0.222. The summed E-state index contributed by atoms with van der Waals surface area (Å²) >= 11 is 1.53. The van der Waals surface area contributed by atoms with Gasteiger partial charge in [-0.1, -0.05) is 0 Å². The van der Waals surface area contributed by atoms with Crippen LogP contribution in [0.15, 0.2) is 23.8 Å². The van der Waals surface area contributed by atoms with Crippen molar-refractivity contribution in [3.05, 3.63) is 29.5 Å². The number of rotatable bonds is 3. The van der Waals surface area contributed by atoms with Crippen LogP contribution < -0.4 is 0 Å².